The third-order valence-electron chi connectivity index (χ3n) is 3.40. The molecule has 5 heteroatoms. The van der Waals surface area contributed by atoms with Crippen LogP contribution in [0.1, 0.15) is 33.6 Å². The molecule has 0 spiro atoms. The van der Waals surface area contributed by atoms with Crippen molar-refractivity contribution in [3.05, 3.63) is 0 Å². The molecule has 3 N–H and O–H groups in total. The molecule has 3 atom stereocenters. The lowest BCUT2D eigenvalue weighted by Crippen LogP contribution is -2.47. The number of hydrogen-bond donors (Lipinski definition) is 2. The minimum Gasteiger partial charge on any atom is -0.481 e. The molecule has 0 radical (unpaired) electrons. The summed E-state index contributed by atoms with van der Waals surface area (Å²) in [5.41, 5.74) is 5.84. The van der Waals surface area contributed by atoms with Crippen LogP contribution in [0.15, 0.2) is 0 Å². The highest BCUT2D eigenvalue weighted by Gasteiger charge is 2.39. The Hall–Kier alpha value is -1.10. The SMILES string of the molecule is CC(C)C[C@H](N)C(=O)N1CCC(C(=O)O)C1C. The quantitative estimate of drug-likeness (QED) is 0.759. The second-order valence-corrected chi connectivity index (χ2v) is 5.24. The van der Waals surface area contributed by atoms with Gasteiger partial charge in [0.1, 0.15) is 0 Å². The van der Waals surface area contributed by atoms with Crippen LogP contribution in [0.25, 0.3) is 0 Å². The summed E-state index contributed by atoms with van der Waals surface area (Å²) in [6.45, 7) is 6.32. The number of hydrogen-bond acceptors (Lipinski definition) is 3. The maximum atomic E-state index is 12.1. The number of likely N-dealkylation sites (tertiary alicyclic amines) is 1. The summed E-state index contributed by atoms with van der Waals surface area (Å²) in [5.74, 6) is -1.03. The molecule has 1 amide bonds. The molecule has 17 heavy (non-hydrogen) atoms. The van der Waals surface area contributed by atoms with Crippen molar-refractivity contribution in [2.24, 2.45) is 17.6 Å². The summed E-state index contributed by atoms with van der Waals surface area (Å²) in [7, 11) is 0. The maximum absolute atomic E-state index is 12.1. The smallest absolute Gasteiger partial charge is 0.308 e. The fraction of sp³-hybridized carbons (Fsp3) is 0.833. The van der Waals surface area contributed by atoms with Crippen molar-refractivity contribution in [1.29, 1.82) is 0 Å². The molecule has 98 valence electrons. The Labute approximate surface area is 102 Å². The van der Waals surface area contributed by atoms with Crippen molar-refractivity contribution in [3.63, 3.8) is 0 Å². The van der Waals surface area contributed by atoms with Crippen LogP contribution < -0.4 is 5.73 Å². The van der Waals surface area contributed by atoms with Crippen molar-refractivity contribution in [2.75, 3.05) is 6.54 Å². The fourth-order valence-electron chi connectivity index (χ4n) is 2.40. The van der Waals surface area contributed by atoms with Crippen molar-refractivity contribution >= 4 is 11.9 Å². The lowest BCUT2D eigenvalue weighted by molar-refractivity contribution is -0.143. The Morgan fingerprint density at radius 1 is 1.47 bits per heavy atom. The summed E-state index contributed by atoms with van der Waals surface area (Å²) < 4.78 is 0. The van der Waals surface area contributed by atoms with Gasteiger partial charge >= 0.3 is 5.97 Å². The molecule has 1 heterocycles. The van der Waals surface area contributed by atoms with Gasteiger partial charge in [0.15, 0.2) is 0 Å². The van der Waals surface area contributed by atoms with Crippen LogP contribution in [-0.2, 0) is 9.59 Å². The Kier molecular flexibility index (Phi) is 4.51. The van der Waals surface area contributed by atoms with Gasteiger partial charge in [0.25, 0.3) is 0 Å². The first-order valence-electron chi connectivity index (χ1n) is 6.13. The molecular weight excluding hydrogens is 220 g/mol. The average molecular weight is 242 g/mol. The fourth-order valence-corrected chi connectivity index (χ4v) is 2.40. The number of amides is 1. The van der Waals surface area contributed by atoms with Gasteiger partial charge in [-0.05, 0) is 25.7 Å². The van der Waals surface area contributed by atoms with E-state index >= 15 is 0 Å². The number of rotatable bonds is 4. The Morgan fingerprint density at radius 3 is 2.47 bits per heavy atom. The van der Waals surface area contributed by atoms with E-state index in [2.05, 4.69) is 0 Å². The zero-order chi connectivity index (χ0) is 13.2. The number of aliphatic carboxylic acids is 1. The summed E-state index contributed by atoms with van der Waals surface area (Å²) in [5, 5.41) is 9.00. The first-order chi connectivity index (χ1) is 7.84. The molecule has 1 rings (SSSR count). The second kappa shape index (κ2) is 5.49. The van der Waals surface area contributed by atoms with Crippen LogP contribution >= 0.6 is 0 Å². The predicted octanol–water partition coefficient (Wildman–Crippen LogP) is 0.681. The van der Waals surface area contributed by atoms with Gasteiger partial charge in [-0.25, -0.2) is 0 Å². The van der Waals surface area contributed by atoms with E-state index in [-0.39, 0.29) is 11.9 Å². The highest BCUT2D eigenvalue weighted by molar-refractivity contribution is 5.83. The van der Waals surface area contributed by atoms with Crippen LogP contribution in [0, 0.1) is 11.8 Å². The van der Waals surface area contributed by atoms with Gasteiger partial charge in [-0.3, -0.25) is 9.59 Å². The van der Waals surface area contributed by atoms with E-state index < -0.39 is 17.9 Å². The first kappa shape index (κ1) is 14.0. The molecule has 5 nitrogen and oxygen atoms in total. The van der Waals surface area contributed by atoms with Gasteiger partial charge in [-0.1, -0.05) is 13.8 Å². The van der Waals surface area contributed by atoms with Gasteiger partial charge in [0.2, 0.25) is 5.91 Å². The van der Waals surface area contributed by atoms with Crippen molar-refractivity contribution in [1.82, 2.24) is 4.90 Å². The summed E-state index contributed by atoms with van der Waals surface area (Å²) in [6.07, 6.45) is 1.16. The molecular formula is C12H22N2O3. The van der Waals surface area contributed by atoms with E-state index in [1.54, 1.807) is 11.8 Å². The monoisotopic (exact) mass is 242 g/mol. The molecule has 0 aliphatic carbocycles. The topological polar surface area (TPSA) is 83.6 Å². The molecule has 1 fully saturated rings. The molecule has 1 saturated heterocycles. The number of nitrogens with two attached hydrogens (primary N) is 1. The minimum atomic E-state index is -0.828. The third-order valence-corrected chi connectivity index (χ3v) is 3.40. The number of carboxylic acids is 1. The summed E-state index contributed by atoms with van der Waals surface area (Å²) in [6, 6.07) is -0.761. The number of carbonyl (C=O) groups is 2. The van der Waals surface area contributed by atoms with E-state index in [4.69, 9.17) is 10.8 Å². The van der Waals surface area contributed by atoms with Crippen LogP contribution in [0.3, 0.4) is 0 Å². The molecule has 0 aromatic rings. The van der Waals surface area contributed by atoms with Crippen molar-refractivity contribution in [2.45, 2.75) is 45.7 Å². The van der Waals surface area contributed by atoms with E-state index in [1.165, 1.54) is 0 Å². The van der Waals surface area contributed by atoms with Gasteiger partial charge in [-0.15, -0.1) is 0 Å². The standard InChI is InChI=1S/C12H22N2O3/c1-7(2)6-10(13)11(15)14-5-4-9(8(14)3)12(16)17/h7-10H,4-6,13H2,1-3H3,(H,16,17)/t8?,9?,10-/m0/s1. The lowest BCUT2D eigenvalue weighted by atomic mass is 10.0. The largest absolute Gasteiger partial charge is 0.481 e. The van der Waals surface area contributed by atoms with Crippen molar-refractivity contribution in [3.8, 4) is 0 Å². The van der Waals surface area contributed by atoms with Crippen LogP contribution in [0.4, 0.5) is 0 Å². The Balaban J connectivity index is 2.62. The van der Waals surface area contributed by atoms with E-state index in [0.717, 1.165) is 0 Å². The molecule has 0 bridgehead atoms. The van der Waals surface area contributed by atoms with E-state index in [0.29, 0.717) is 25.3 Å². The highest BCUT2D eigenvalue weighted by atomic mass is 16.4. The average Bonchev–Trinajstić information content (AvgIpc) is 2.57. The predicted molar refractivity (Wildman–Crippen MR) is 64.3 cm³/mol. The second-order valence-electron chi connectivity index (χ2n) is 5.24. The number of carbonyl (C=O) groups excluding carboxylic acids is 1. The molecule has 0 aromatic heterocycles. The highest BCUT2D eigenvalue weighted by Crippen LogP contribution is 2.25. The number of nitrogens with zero attached hydrogens (tertiary/aromatic N) is 1. The van der Waals surface area contributed by atoms with Gasteiger partial charge < -0.3 is 15.7 Å². The van der Waals surface area contributed by atoms with Crippen LogP contribution in [0.5, 0.6) is 0 Å². The molecule has 0 aromatic carbocycles. The van der Waals surface area contributed by atoms with Crippen LogP contribution in [0.2, 0.25) is 0 Å². The third kappa shape index (κ3) is 3.19. The summed E-state index contributed by atoms with van der Waals surface area (Å²) >= 11 is 0. The molecule has 0 saturated carbocycles. The van der Waals surface area contributed by atoms with Gasteiger partial charge in [0, 0.05) is 12.6 Å². The first-order valence-corrected chi connectivity index (χ1v) is 6.13. The molecule has 1 aliphatic heterocycles. The van der Waals surface area contributed by atoms with Gasteiger partial charge in [-0.2, -0.15) is 0 Å². The Morgan fingerprint density at radius 2 is 2.06 bits per heavy atom. The summed E-state index contributed by atoms with van der Waals surface area (Å²) in [4.78, 5) is 24.6. The van der Waals surface area contributed by atoms with E-state index in [9.17, 15) is 9.59 Å². The lowest BCUT2D eigenvalue weighted by Gasteiger charge is -2.26. The molecule has 1 aliphatic rings. The van der Waals surface area contributed by atoms with E-state index in [1.807, 2.05) is 13.8 Å². The zero-order valence-electron chi connectivity index (χ0n) is 10.7. The normalized spacial score (nSPS) is 26.3. The van der Waals surface area contributed by atoms with Crippen molar-refractivity contribution < 1.29 is 14.7 Å². The van der Waals surface area contributed by atoms with Crippen LogP contribution in [-0.4, -0.2) is 40.5 Å². The Bertz CT molecular complexity index is 304. The zero-order valence-corrected chi connectivity index (χ0v) is 10.7. The minimum absolute atomic E-state index is 0.116. The molecule has 2 unspecified atom stereocenters. The maximum Gasteiger partial charge on any atom is 0.308 e. The van der Waals surface area contributed by atoms with Gasteiger partial charge in [0.05, 0.1) is 12.0 Å². The number of carboxylic acid groups (broad SMARTS) is 1.